The molecule has 0 fully saturated rings. The molecule has 1 aliphatic rings. The normalized spacial score (nSPS) is 19.6. The second-order valence-corrected chi connectivity index (χ2v) is 6.41. The van der Waals surface area contributed by atoms with Crippen LogP contribution in [0.5, 0.6) is 0 Å². The first-order valence-electron chi connectivity index (χ1n) is 6.37. The van der Waals surface area contributed by atoms with Crippen molar-refractivity contribution in [3.63, 3.8) is 0 Å². The van der Waals surface area contributed by atoms with Crippen molar-refractivity contribution < 1.29 is 4.79 Å². The molecule has 0 saturated heterocycles. The fourth-order valence-electron chi connectivity index (χ4n) is 2.24. The summed E-state index contributed by atoms with van der Waals surface area (Å²) in [4.78, 5) is 12.5. The molecule has 1 aromatic rings. The summed E-state index contributed by atoms with van der Waals surface area (Å²) in [6.07, 6.45) is 8.96. The molecular weight excluding hydrogens is 356 g/mol. The molecule has 0 radical (unpaired) electrons. The Kier molecular flexibility index (Phi) is 5.19. The van der Waals surface area contributed by atoms with Crippen LogP contribution in [-0.4, -0.2) is 5.78 Å². The van der Waals surface area contributed by atoms with Gasteiger partial charge in [-0.05, 0) is 65.4 Å². The number of Topliss-reactive ketones (excluding diaryl/α,β-unsaturated/α-hetero) is 1. The maximum absolute atomic E-state index is 12.5. The highest BCUT2D eigenvalue weighted by atomic mass is 79.9. The highest BCUT2D eigenvalue weighted by Crippen LogP contribution is 2.27. The minimum absolute atomic E-state index is 0.177. The zero-order chi connectivity index (χ0) is 13.0. The molecule has 0 aromatic heterocycles. The van der Waals surface area contributed by atoms with Crippen molar-refractivity contribution in [2.24, 2.45) is 0 Å². The van der Waals surface area contributed by atoms with Gasteiger partial charge in [-0.2, -0.15) is 0 Å². The van der Waals surface area contributed by atoms with Crippen LogP contribution in [0.1, 0.15) is 48.9 Å². The number of hydrogen-bond donors (Lipinski definition) is 0. The van der Waals surface area contributed by atoms with Crippen LogP contribution in [0, 0.1) is 0 Å². The topological polar surface area (TPSA) is 17.1 Å². The van der Waals surface area contributed by atoms with E-state index in [0.717, 1.165) is 39.3 Å². The zero-order valence-corrected chi connectivity index (χ0v) is 13.4. The van der Waals surface area contributed by atoms with E-state index in [9.17, 15) is 4.79 Å². The van der Waals surface area contributed by atoms with E-state index in [4.69, 9.17) is 0 Å². The third-order valence-corrected chi connectivity index (χ3v) is 4.41. The lowest BCUT2D eigenvalue weighted by atomic mass is 9.94. The Balaban J connectivity index is 2.23. The summed E-state index contributed by atoms with van der Waals surface area (Å²) in [6.45, 7) is 0. The number of rotatable bonds is 2. The molecule has 3 heteroatoms. The minimum Gasteiger partial charge on any atom is -0.289 e. The number of carbonyl (C=O) groups is 1. The van der Waals surface area contributed by atoms with Gasteiger partial charge < -0.3 is 0 Å². The summed E-state index contributed by atoms with van der Waals surface area (Å²) in [5.41, 5.74) is 1.75. The van der Waals surface area contributed by atoms with Crippen molar-refractivity contribution in [1.29, 1.82) is 0 Å². The van der Waals surface area contributed by atoms with Crippen molar-refractivity contribution in [3.8, 4) is 0 Å². The van der Waals surface area contributed by atoms with Gasteiger partial charge >= 0.3 is 0 Å². The Bertz CT molecular complexity index is 477. The second kappa shape index (κ2) is 6.67. The van der Waals surface area contributed by atoms with Crippen LogP contribution >= 0.6 is 31.9 Å². The largest absolute Gasteiger partial charge is 0.289 e. The van der Waals surface area contributed by atoms with Crippen LogP contribution < -0.4 is 0 Å². The molecule has 18 heavy (non-hydrogen) atoms. The van der Waals surface area contributed by atoms with Gasteiger partial charge in [-0.1, -0.05) is 34.8 Å². The van der Waals surface area contributed by atoms with E-state index < -0.39 is 0 Å². The van der Waals surface area contributed by atoms with Crippen molar-refractivity contribution in [3.05, 3.63) is 44.4 Å². The van der Waals surface area contributed by atoms with Crippen LogP contribution in [0.25, 0.3) is 0 Å². The van der Waals surface area contributed by atoms with Gasteiger partial charge in [0.15, 0.2) is 5.78 Å². The molecule has 0 saturated carbocycles. The Morgan fingerprint density at radius 2 is 1.83 bits per heavy atom. The summed E-state index contributed by atoms with van der Waals surface area (Å²) >= 11 is 6.88. The van der Waals surface area contributed by atoms with E-state index in [1.807, 2.05) is 18.2 Å². The van der Waals surface area contributed by atoms with E-state index in [0.29, 0.717) is 0 Å². The lowest BCUT2D eigenvalue weighted by molar-refractivity contribution is 0.102. The number of halogens is 2. The number of allylic oxidation sites excluding steroid dienone is 2. The molecular formula is C15H16Br2O. The van der Waals surface area contributed by atoms with E-state index in [1.54, 1.807) is 0 Å². The average Bonchev–Trinajstić information content (AvgIpc) is 2.27. The van der Waals surface area contributed by atoms with Crippen LogP contribution in [0.2, 0.25) is 0 Å². The number of hydrogen-bond acceptors (Lipinski definition) is 1. The van der Waals surface area contributed by atoms with Crippen molar-refractivity contribution in [2.45, 2.75) is 38.5 Å². The van der Waals surface area contributed by atoms with Gasteiger partial charge in [0.05, 0.1) is 0 Å². The minimum atomic E-state index is 0.177. The van der Waals surface area contributed by atoms with Gasteiger partial charge in [-0.3, -0.25) is 4.79 Å². The Labute approximate surface area is 125 Å². The smallest absolute Gasteiger partial charge is 0.189 e. The first-order chi connectivity index (χ1) is 8.68. The molecule has 0 unspecified atom stereocenters. The monoisotopic (exact) mass is 370 g/mol. The quantitative estimate of drug-likeness (QED) is 0.611. The van der Waals surface area contributed by atoms with E-state index in [1.165, 1.54) is 19.3 Å². The maximum Gasteiger partial charge on any atom is 0.189 e. The lowest BCUT2D eigenvalue weighted by Crippen LogP contribution is -2.06. The molecule has 1 aromatic carbocycles. The van der Waals surface area contributed by atoms with Gasteiger partial charge in [0.25, 0.3) is 0 Å². The summed E-state index contributed by atoms with van der Waals surface area (Å²) < 4.78 is 1.85. The Morgan fingerprint density at radius 1 is 1.06 bits per heavy atom. The highest BCUT2D eigenvalue weighted by Gasteiger charge is 2.15. The molecule has 1 aliphatic carbocycles. The SMILES string of the molecule is O=C(/C1=C/CCCCCC1)c1ccc(Br)cc1Br. The molecule has 0 heterocycles. The van der Waals surface area contributed by atoms with E-state index >= 15 is 0 Å². The Morgan fingerprint density at radius 3 is 2.61 bits per heavy atom. The number of carbonyl (C=O) groups excluding carboxylic acids is 1. The van der Waals surface area contributed by atoms with Gasteiger partial charge in [-0.25, -0.2) is 0 Å². The maximum atomic E-state index is 12.5. The summed E-state index contributed by atoms with van der Waals surface area (Å²) in [5, 5.41) is 0. The number of benzene rings is 1. The average molecular weight is 372 g/mol. The van der Waals surface area contributed by atoms with Gasteiger partial charge in [0, 0.05) is 14.5 Å². The van der Waals surface area contributed by atoms with Crippen LogP contribution in [0.3, 0.4) is 0 Å². The molecule has 1 nitrogen and oxygen atoms in total. The van der Waals surface area contributed by atoms with Crippen LogP contribution in [0.4, 0.5) is 0 Å². The van der Waals surface area contributed by atoms with Crippen molar-refractivity contribution in [2.75, 3.05) is 0 Å². The fourth-order valence-corrected chi connectivity index (χ4v) is 3.47. The van der Waals surface area contributed by atoms with Gasteiger partial charge in [0.1, 0.15) is 0 Å². The predicted molar refractivity (Wildman–Crippen MR) is 82.0 cm³/mol. The molecule has 0 amide bonds. The highest BCUT2D eigenvalue weighted by molar-refractivity contribution is 9.11. The van der Waals surface area contributed by atoms with E-state index in [2.05, 4.69) is 37.9 Å². The first-order valence-corrected chi connectivity index (χ1v) is 7.96. The van der Waals surface area contributed by atoms with Crippen molar-refractivity contribution in [1.82, 2.24) is 0 Å². The molecule has 0 aliphatic heterocycles. The molecule has 96 valence electrons. The standard InChI is InChI=1S/C15H16Br2O/c16-12-8-9-13(14(17)10-12)15(18)11-6-4-2-1-3-5-7-11/h6,8-10H,1-5,7H2/b11-6+. The predicted octanol–water partition coefficient (Wildman–Crippen LogP) is 5.67. The van der Waals surface area contributed by atoms with Gasteiger partial charge in [0.2, 0.25) is 0 Å². The number of ketones is 1. The second-order valence-electron chi connectivity index (χ2n) is 4.64. The molecule has 2 rings (SSSR count). The van der Waals surface area contributed by atoms with Crippen LogP contribution in [0.15, 0.2) is 38.8 Å². The summed E-state index contributed by atoms with van der Waals surface area (Å²) in [5.74, 6) is 0.177. The molecule has 0 N–H and O–H groups in total. The Hall–Kier alpha value is -0.410. The molecule has 0 atom stereocenters. The van der Waals surface area contributed by atoms with Crippen LogP contribution in [-0.2, 0) is 0 Å². The van der Waals surface area contributed by atoms with Gasteiger partial charge in [-0.15, -0.1) is 0 Å². The third-order valence-electron chi connectivity index (χ3n) is 3.26. The zero-order valence-electron chi connectivity index (χ0n) is 10.2. The van der Waals surface area contributed by atoms with Crippen molar-refractivity contribution >= 4 is 37.6 Å². The van der Waals surface area contributed by atoms with E-state index in [-0.39, 0.29) is 5.78 Å². The lowest BCUT2D eigenvalue weighted by Gasteiger charge is -2.11. The first kappa shape index (κ1) is 14.0. The third kappa shape index (κ3) is 3.55. The summed E-state index contributed by atoms with van der Waals surface area (Å²) in [7, 11) is 0. The fraction of sp³-hybridized carbons (Fsp3) is 0.400. The molecule has 0 spiro atoms. The molecule has 0 bridgehead atoms. The summed E-state index contributed by atoms with van der Waals surface area (Å²) in [6, 6.07) is 5.73.